The summed E-state index contributed by atoms with van der Waals surface area (Å²) in [6.07, 6.45) is 1.13. The lowest BCUT2D eigenvalue weighted by Gasteiger charge is -2.08. The van der Waals surface area contributed by atoms with Crippen LogP contribution in [0.25, 0.3) is 0 Å². The van der Waals surface area contributed by atoms with Crippen molar-refractivity contribution < 1.29 is 19.4 Å². The Morgan fingerprint density at radius 3 is 2.00 bits per heavy atom. The molecular weight excluding hydrogens is 280 g/mol. The number of carbonyl (C=O) groups excluding carboxylic acids is 1. The first-order valence-electron chi connectivity index (χ1n) is 6.83. The molecule has 0 spiro atoms. The minimum atomic E-state index is -1.16. The molecule has 0 saturated carbocycles. The Bertz CT molecular complexity index is 660. The summed E-state index contributed by atoms with van der Waals surface area (Å²) in [7, 11) is 0. The van der Waals surface area contributed by atoms with Crippen molar-refractivity contribution in [3.63, 3.8) is 0 Å². The number of esters is 1. The van der Waals surface area contributed by atoms with Crippen LogP contribution in [0.2, 0.25) is 0 Å². The van der Waals surface area contributed by atoms with Crippen LogP contribution in [0.1, 0.15) is 11.1 Å². The summed E-state index contributed by atoms with van der Waals surface area (Å²) >= 11 is 0. The molecular formula is C18H16O4. The monoisotopic (exact) mass is 296 g/mol. The molecule has 0 bridgehead atoms. The Labute approximate surface area is 128 Å². The van der Waals surface area contributed by atoms with Crippen LogP contribution in [0, 0.1) is 0 Å². The first kappa shape index (κ1) is 15.5. The van der Waals surface area contributed by atoms with E-state index in [4.69, 9.17) is 9.84 Å². The Hall–Kier alpha value is -2.88. The molecule has 0 fully saturated rings. The second-order valence-electron chi connectivity index (χ2n) is 4.73. The van der Waals surface area contributed by atoms with Crippen molar-refractivity contribution in [3.05, 3.63) is 83.4 Å². The first-order valence-corrected chi connectivity index (χ1v) is 6.83. The number of carboxylic acid groups (broad SMARTS) is 1. The summed E-state index contributed by atoms with van der Waals surface area (Å²) < 4.78 is 5.19. The number of carboxylic acids is 1. The van der Waals surface area contributed by atoms with E-state index >= 15 is 0 Å². The molecule has 2 rings (SSSR count). The average molecular weight is 296 g/mol. The Morgan fingerprint density at radius 2 is 1.45 bits per heavy atom. The molecule has 0 unspecified atom stereocenters. The molecule has 4 heteroatoms. The van der Waals surface area contributed by atoms with Crippen molar-refractivity contribution >= 4 is 11.9 Å². The third-order valence-electron chi connectivity index (χ3n) is 3.01. The standard InChI is InChI=1S/C18H16O4/c19-17(20)12-16(11-14-7-3-1-4-8-14)18(21)22-13-15-9-5-2-6-10-15/h1-10,12H,11,13H2,(H,19,20). The van der Waals surface area contributed by atoms with Crippen LogP contribution >= 0.6 is 0 Å². The molecule has 22 heavy (non-hydrogen) atoms. The summed E-state index contributed by atoms with van der Waals surface area (Å²) in [5, 5.41) is 8.91. The van der Waals surface area contributed by atoms with Crippen molar-refractivity contribution in [1.82, 2.24) is 0 Å². The Kier molecular flexibility index (Phi) is 5.49. The van der Waals surface area contributed by atoms with Crippen LogP contribution in [0.3, 0.4) is 0 Å². The third-order valence-corrected chi connectivity index (χ3v) is 3.01. The lowest BCUT2D eigenvalue weighted by Crippen LogP contribution is -2.12. The number of benzene rings is 2. The van der Waals surface area contributed by atoms with E-state index in [0.717, 1.165) is 17.2 Å². The molecule has 0 aromatic heterocycles. The average Bonchev–Trinajstić information content (AvgIpc) is 2.53. The molecule has 0 radical (unpaired) electrons. The molecule has 0 amide bonds. The summed E-state index contributed by atoms with van der Waals surface area (Å²) in [4.78, 5) is 23.0. The Morgan fingerprint density at radius 1 is 0.909 bits per heavy atom. The highest BCUT2D eigenvalue weighted by Crippen LogP contribution is 2.11. The highest BCUT2D eigenvalue weighted by atomic mass is 16.5. The van der Waals surface area contributed by atoms with Crippen LogP contribution in [0.4, 0.5) is 0 Å². The molecule has 0 aliphatic carbocycles. The van der Waals surface area contributed by atoms with Crippen LogP contribution in [0.15, 0.2) is 72.3 Å². The molecule has 112 valence electrons. The molecule has 1 N–H and O–H groups in total. The number of rotatable bonds is 6. The van der Waals surface area contributed by atoms with Crippen LogP contribution < -0.4 is 0 Å². The molecule has 0 aliphatic rings. The van der Waals surface area contributed by atoms with Gasteiger partial charge in [-0.05, 0) is 11.1 Å². The van der Waals surface area contributed by atoms with Gasteiger partial charge in [0, 0.05) is 18.1 Å². The van der Waals surface area contributed by atoms with Gasteiger partial charge in [-0.3, -0.25) is 0 Å². The summed E-state index contributed by atoms with van der Waals surface area (Å²) in [5.74, 6) is -1.78. The van der Waals surface area contributed by atoms with E-state index < -0.39 is 11.9 Å². The number of carbonyl (C=O) groups is 2. The van der Waals surface area contributed by atoms with Gasteiger partial charge in [0.05, 0.1) is 0 Å². The Balaban J connectivity index is 2.05. The van der Waals surface area contributed by atoms with Gasteiger partial charge in [0.2, 0.25) is 0 Å². The van der Waals surface area contributed by atoms with Gasteiger partial charge in [-0.1, -0.05) is 60.7 Å². The van der Waals surface area contributed by atoms with Gasteiger partial charge in [-0.15, -0.1) is 0 Å². The zero-order chi connectivity index (χ0) is 15.8. The first-order chi connectivity index (χ1) is 10.6. The van der Waals surface area contributed by atoms with Crippen LogP contribution in [0.5, 0.6) is 0 Å². The fourth-order valence-corrected chi connectivity index (χ4v) is 1.96. The number of hydrogen-bond donors (Lipinski definition) is 1. The highest BCUT2D eigenvalue weighted by molar-refractivity contribution is 5.96. The number of ether oxygens (including phenoxy) is 1. The fraction of sp³-hybridized carbons (Fsp3) is 0.111. The molecule has 0 atom stereocenters. The van der Waals surface area contributed by atoms with Gasteiger partial charge in [-0.2, -0.15) is 0 Å². The normalized spacial score (nSPS) is 11.0. The quantitative estimate of drug-likeness (QED) is 0.657. The molecule has 2 aromatic carbocycles. The van der Waals surface area contributed by atoms with Crippen LogP contribution in [-0.4, -0.2) is 17.0 Å². The van der Waals surface area contributed by atoms with Crippen molar-refractivity contribution in [1.29, 1.82) is 0 Å². The molecule has 0 heterocycles. The lowest BCUT2D eigenvalue weighted by molar-refractivity contribution is -0.141. The van der Waals surface area contributed by atoms with Gasteiger partial charge in [0.1, 0.15) is 6.61 Å². The van der Waals surface area contributed by atoms with Crippen molar-refractivity contribution in [3.8, 4) is 0 Å². The maximum Gasteiger partial charge on any atom is 0.334 e. The maximum absolute atomic E-state index is 12.1. The van der Waals surface area contributed by atoms with E-state index in [-0.39, 0.29) is 18.6 Å². The molecule has 2 aromatic rings. The molecule has 0 saturated heterocycles. The van der Waals surface area contributed by atoms with Gasteiger partial charge >= 0.3 is 11.9 Å². The van der Waals surface area contributed by atoms with Crippen molar-refractivity contribution in [2.45, 2.75) is 13.0 Å². The largest absolute Gasteiger partial charge is 0.478 e. The molecule has 0 aliphatic heterocycles. The van der Waals surface area contributed by atoms with E-state index in [9.17, 15) is 9.59 Å². The summed E-state index contributed by atoms with van der Waals surface area (Å²) in [6, 6.07) is 18.4. The molecule has 4 nitrogen and oxygen atoms in total. The predicted molar refractivity (Wildman–Crippen MR) is 82.1 cm³/mol. The van der Waals surface area contributed by atoms with Crippen molar-refractivity contribution in [2.75, 3.05) is 0 Å². The van der Waals surface area contributed by atoms with Gasteiger partial charge in [0.15, 0.2) is 0 Å². The maximum atomic E-state index is 12.1. The van der Waals surface area contributed by atoms with Gasteiger partial charge in [0.25, 0.3) is 0 Å². The van der Waals surface area contributed by atoms with Crippen molar-refractivity contribution in [2.24, 2.45) is 0 Å². The van der Waals surface area contributed by atoms with E-state index in [2.05, 4.69) is 0 Å². The third kappa shape index (κ3) is 4.90. The lowest BCUT2D eigenvalue weighted by atomic mass is 10.1. The second-order valence-corrected chi connectivity index (χ2v) is 4.73. The zero-order valence-electron chi connectivity index (χ0n) is 11.9. The van der Waals surface area contributed by atoms with E-state index in [1.54, 1.807) is 0 Å². The number of hydrogen-bond acceptors (Lipinski definition) is 3. The SMILES string of the molecule is O=C(O)C=C(Cc1ccccc1)C(=O)OCc1ccccc1. The summed E-state index contributed by atoms with van der Waals surface area (Å²) in [5.41, 5.74) is 1.83. The topological polar surface area (TPSA) is 63.6 Å². The van der Waals surface area contributed by atoms with E-state index in [1.807, 2.05) is 60.7 Å². The predicted octanol–water partition coefficient (Wildman–Crippen LogP) is 2.98. The zero-order valence-corrected chi connectivity index (χ0v) is 11.9. The second kappa shape index (κ2) is 7.78. The number of aliphatic carboxylic acids is 1. The minimum absolute atomic E-state index is 0.116. The highest BCUT2D eigenvalue weighted by Gasteiger charge is 2.14. The van der Waals surface area contributed by atoms with Crippen LogP contribution in [-0.2, 0) is 27.4 Å². The fourth-order valence-electron chi connectivity index (χ4n) is 1.96. The van der Waals surface area contributed by atoms with Gasteiger partial charge in [-0.25, -0.2) is 9.59 Å². The smallest absolute Gasteiger partial charge is 0.334 e. The summed E-state index contributed by atoms with van der Waals surface area (Å²) in [6.45, 7) is 0.116. The minimum Gasteiger partial charge on any atom is -0.478 e. The van der Waals surface area contributed by atoms with Gasteiger partial charge < -0.3 is 9.84 Å². The van der Waals surface area contributed by atoms with E-state index in [1.165, 1.54) is 0 Å². The van der Waals surface area contributed by atoms with E-state index in [0.29, 0.717) is 0 Å².